The van der Waals surface area contributed by atoms with Gasteiger partial charge in [-0.15, -0.1) is 12.4 Å². The van der Waals surface area contributed by atoms with Gasteiger partial charge in [-0.2, -0.15) is 10.5 Å². The normalized spacial score (nSPS) is 11.3. The third-order valence-corrected chi connectivity index (χ3v) is 7.71. The Balaban J connectivity index is 0.000000316. The highest BCUT2D eigenvalue weighted by atomic mass is 79.9. The lowest BCUT2D eigenvalue weighted by Crippen LogP contribution is -2.27. The lowest BCUT2D eigenvalue weighted by atomic mass is 10.1. The summed E-state index contributed by atoms with van der Waals surface area (Å²) in [5.74, 6) is 1.08. The Bertz CT molecular complexity index is 1610. The van der Waals surface area contributed by atoms with Crippen molar-refractivity contribution >= 4 is 50.4 Å². The van der Waals surface area contributed by atoms with Crippen LogP contribution in [0.4, 0.5) is 4.79 Å². The van der Waals surface area contributed by atoms with Crippen molar-refractivity contribution in [2.75, 3.05) is 27.2 Å². The molecule has 0 aliphatic heterocycles. The molecule has 46 heavy (non-hydrogen) atoms. The third-order valence-electron chi connectivity index (χ3n) is 6.72. The number of nitriles is 2. The van der Waals surface area contributed by atoms with Gasteiger partial charge in [-0.1, -0.05) is 92.5 Å². The number of nitrogens with zero attached hydrogens (tertiary/aromatic N) is 3. The molecular formula is C35H35Br2ClN4O4. The second-order valence-corrected chi connectivity index (χ2v) is 11.8. The third kappa shape index (κ3) is 12.0. The molecule has 0 aliphatic rings. The van der Waals surface area contributed by atoms with Crippen molar-refractivity contribution in [2.45, 2.75) is 25.0 Å². The molecule has 0 aromatic heterocycles. The lowest BCUT2D eigenvalue weighted by molar-refractivity contribution is 0.140. The van der Waals surface area contributed by atoms with Crippen LogP contribution in [0.2, 0.25) is 0 Å². The van der Waals surface area contributed by atoms with Gasteiger partial charge in [0.1, 0.15) is 35.8 Å². The molecule has 11 heteroatoms. The minimum atomic E-state index is -0.984. The Morgan fingerprint density at radius 3 is 1.63 bits per heavy atom. The van der Waals surface area contributed by atoms with E-state index in [0.717, 1.165) is 33.0 Å². The average Bonchev–Trinajstić information content (AvgIpc) is 3.06. The first kappa shape index (κ1) is 38.1. The van der Waals surface area contributed by atoms with Crippen molar-refractivity contribution in [1.82, 2.24) is 10.2 Å². The van der Waals surface area contributed by atoms with E-state index < -0.39 is 6.09 Å². The first-order valence-corrected chi connectivity index (χ1v) is 15.8. The number of hydrogen-bond acceptors (Lipinski definition) is 6. The summed E-state index contributed by atoms with van der Waals surface area (Å²) in [7, 11) is 3.44. The largest absolute Gasteiger partial charge is 0.484 e. The van der Waals surface area contributed by atoms with E-state index in [1.54, 1.807) is 24.3 Å². The highest BCUT2D eigenvalue weighted by molar-refractivity contribution is 9.10. The number of halogens is 3. The Morgan fingerprint density at radius 2 is 1.24 bits per heavy atom. The summed E-state index contributed by atoms with van der Waals surface area (Å²) in [6, 6.07) is 34.6. The maximum Gasteiger partial charge on any atom is 0.407 e. The molecule has 0 spiro atoms. The van der Waals surface area contributed by atoms with Crippen molar-refractivity contribution in [2.24, 2.45) is 0 Å². The van der Waals surface area contributed by atoms with E-state index in [2.05, 4.69) is 49.3 Å². The molecule has 240 valence electrons. The van der Waals surface area contributed by atoms with E-state index in [9.17, 15) is 15.3 Å². The molecule has 0 unspecified atom stereocenters. The Hall–Kier alpha value is -4.06. The molecule has 2 N–H and O–H groups in total. The van der Waals surface area contributed by atoms with E-state index in [1.165, 1.54) is 11.9 Å². The predicted octanol–water partition coefficient (Wildman–Crippen LogP) is 8.91. The number of ether oxygens (including phenoxy) is 2. The smallest absolute Gasteiger partial charge is 0.407 e. The molecule has 2 atom stereocenters. The second kappa shape index (κ2) is 20.1. The molecule has 0 heterocycles. The minimum Gasteiger partial charge on any atom is -0.484 e. The van der Waals surface area contributed by atoms with Crippen LogP contribution in [-0.4, -0.2) is 43.3 Å². The minimum absolute atomic E-state index is 0. The van der Waals surface area contributed by atoms with Crippen LogP contribution in [0, 0.1) is 22.7 Å². The van der Waals surface area contributed by atoms with E-state index in [4.69, 9.17) is 14.6 Å². The highest BCUT2D eigenvalue weighted by Crippen LogP contribution is 2.31. The molecule has 0 bridgehead atoms. The Labute approximate surface area is 293 Å². The summed E-state index contributed by atoms with van der Waals surface area (Å²) in [4.78, 5) is 12.2. The number of nitrogens with one attached hydrogen (secondary N) is 1. The zero-order valence-corrected chi connectivity index (χ0v) is 29.4. The van der Waals surface area contributed by atoms with Gasteiger partial charge in [0.05, 0.1) is 11.1 Å². The molecule has 1 amide bonds. The van der Waals surface area contributed by atoms with Gasteiger partial charge in [-0.3, -0.25) is 0 Å². The molecule has 0 fully saturated rings. The van der Waals surface area contributed by atoms with Gasteiger partial charge in [0.25, 0.3) is 0 Å². The summed E-state index contributed by atoms with van der Waals surface area (Å²) < 4.78 is 13.9. The van der Waals surface area contributed by atoms with E-state index in [-0.39, 0.29) is 24.6 Å². The van der Waals surface area contributed by atoms with Crippen molar-refractivity contribution in [3.63, 3.8) is 0 Å². The van der Waals surface area contributed by atoms with Crippen LogP contribution >= 0.6 is 44.3 Å². The van der Waals surface area contributed by atoms with Gasteiger partial charge in [0.2, 0.25) is 0 Å². The first-order valence-electron chi connectivity index (χ1n) is 14.2. The zero-order valence-electron chi connectivity index (χ0n) is 25.4. The average molecular weight is 771 g/mol. The van der Waals surface area contributed by atoms with E-state index in [0.29, 0.717) is 35.6 Å². The van der Waals surface area contributed by atoms with E-state index in [1.807, 2.05) is 79.8 Å². The maximum absolute atomic E-state index is 11.0. The first-order chi connectivity index (χ1) is 21.7. The van der Waals surface area contributed by atoms with Crippen LogP contribution < -0.4 is 14.8 Å². The maximum atomic E-state index is 11.0. The van der Waals surface area contributed by atoms with Crippen molar-refractivity contribution in [1.29, 1.82) is 10.5 Å². The standard InChI is InChI=1S/C18H17BrN2O3.C17H17BrN2O.ClH/c1-21(18(22)23)10-9-16(13-5-3-2-4-6-13)24-17-11-15(19)8-7-14(17)12-20;1-20-10-9-16(13-5-3-2-4-6-13)21-17-11-15(18)8-7-14(17)12-19;/h2-8,11,16H,9-10H2,1H3,(H,22,23);2-8,11,16,20H,9-10H2,1H3;1H/t2*16-;/m11./s1. The number of benzene rings is 4. The predicted molar refractivity (Wildman–Crippen MR) is 188 cm³/mol. The van der Waals surface area contributed by atoms with Gasteiger partial charge in [0.15, 0.2) is 0 Å². The molecule has 0 radical (unpaired) electrons. The second-order valence-electron chi connectivity index (χ2n) is 9.92. The van der Waals surface area contributed by atoms with Crippen LogP contribution in [0.1, 0.15) is 47.3 Å². The molecule has 0 saturated carbocycles. The molecule has 8 nitrogen and oxygen atoms in total. The number of hydrogen-bond donors (Lipinski definition) is 2. The molecular weight excluding hydrogens is 736 g/mol. The monoisotopic (exact) mass is 768 g/mol. The molecule has 0 aliphatic carbocycles. The fraction of sp³-hybridized carbons (Fsp3) is 0.229. The van der Waals surface area contributed by atoms with Crippen molar-refractivity contribution < 1.29 is 19.4 Å². The summed E-state index contributed by atoms with van der Waals surface area (Å²) in [6.07, 6.45) is -0.112. The van der Waals surface area contributed by atoms with E-state index >= 15 is 0 Å². The molecule has 0 saturated heterocycles. The van der Waals surface area contributed by atoms with Gasteiger partial charge in [-0.05, 0) is 61.1 Å². The van der Waals surface area contributed by atoms with Crippen molar-refractivity contribution in [3.8, 4) is 23.6 Å². The Kier molecular flexibility index (Phi) is 16.7. The summed E-state index contributed by atoms with van der Waals surface area (Å²) in [5, 5.41) is 30.6. The van der Waals surface area contributed by atoms with Crippen LogP contribution in [0.5, 0.6) is 11.5 Å². The molecule has 4 rings (SSSR count). The Morgan fingerprint density at radius 1 is 0.804 bits per heavy atom. The van der Waals surface area contributed by atoms with Crippen LogP contribution in [0.3, 0.4) is 0 Å². The van der Waals surface area contributed by atoms with Crippen LogP contribution in [0.25, 0.3) is 0 Å². The number of carbonyl (C=O) groups is 1. The summed E-state index contributed by atoms with van der Waals surface area (Å²) in [6.45, 7) is 1.17. The fourth-order valence-corrected chi connectivity index (χ4v) is 4.96. The lowest BCUT2D eigenvalue weighted by Gasteiger charge is -2.22. The number of amides is 1. The zero-order chi connectivity index (χ0) is 32.6. The fourth-order valence-electron chi connectivity index (χ4n) is 4.28. The van der Waals surface area contributed by atoms with Gasteiger partial charge in [0, 0.05) is 35.4 Å². The van der Waals surface area contributed by atoms with Crippen LogP contribution in [-0.2, 0) is 0 Å². The SMILES string of the molecule is CN(CC[C@@H](Oc1cc(Br)ccc1C#N)c1ccccc1)C(=O)O.CNCC[C@@H](Oc1cc(Br)ccc1C#N)c1ccccc1.Cl. The van der Waals surface area contributed by atoms with Gasteiger partial charge in [-0.25, -0.2) is 4.79 Å². The molecule has 4 aromatic rings. The summed E-state index contributed by atoms with van der Waals surface area (Å²) >= 11 is 6.80. The highest BCUT2D eigenvalue weighted by Gasteiger charge is 2.18. The summed E-state index contributed by atoms with van der Waals surface area (Å²) in [5.41, 5.74) is 3.02. The van der Waals surface area contributed by atoms with Crippen LogP contribution in [0.15, 0.2) is 106 Å². The topological polar surface area (TPSA) is 119 Å². The van der Waals surface area contributed by atoms with Gasteiger partial charge >= 0.3 is 6.09 Å². The quantitative estimate of drug-likeness (QED) is 0.148. The number of rotatable bonds is 12. The number of carboxylic acid groups (broad SMARTS) is 1. The van der Waals surface area contributed by atoms with Crippen molar-refractivity contribution in [3.05, 3.63) is 128 Å². The van der Waals surface area contributed by atoms with Gasteiger partial charge < -0.3 is 24.8 Å². The molecule has 4 aromatic carbocycles.